The van der Waals surface area contributed by atoms with Crippen molar-refractivity contribution < 1.29 is 93.7 Å². The van der Waals surface area contributed by atoms with Crippen molar-refractivity contribution in [2.45, 2.75) is 70.0 Å². The van der Waals surface area contributed by atoms with Crippen molar-refractivity contribution in [1.29, 1.82) is 0 Å². The SMILES string of the molecule is CCCN(OCC)C(=O)C1=CC2(C)NC=C(C(=O)N3CCCC34C(=O)C4NCCOCCOCCOCCOCCOCCOCCOCCOCCOCCOCCC(=O)Oc3c(F)c(F)cc(F)c3F)C=C2N=C(N)C1. The molecule has 1 saturated carbocycles. The number of carbonyl (C=O) groups is 4. The normalized spacial score (nSPS) is 19.7. The number of esters is 1. The summed E-state index contributed by atoms with van der Waals surface area (Å²) >= 11 is 0. The molecule has 2 amide bonds. The van der Waals surface area contributed by atoms with Crippen LogP contribution in [0.3, 0.4) is 0 Å². The molecule has 1 spiro atoms. The maximum atomic E-state index is 14.0. The lowest BCUT2D eigenvalue weighted by Crippen LogP contribution is -2.46. The molecule has 4 N–H and O–H groups in total. The van der Waals surface area contributed by atoms with E-state index in [9.17, 15) is 36.7 Å². The van der Waals surface area contributed by atoms with Crippen molar-refractivity contribution in [2.75, 3.05) is 158 Å². The molecule has 0 bridgehead atoms. The number of fused-ring (bicyclic) bond motifs is 1. The number of benzene rings is 1. The van der Waals surface area contributed by atoms with Crippen molar-refractivity contribution in [3.63, 3.8) is 0 Å². The number of nitrogens with one attached hydrogen (secondary N) is 2. The number of hydrogen-bond acceptors (Lipinski definition) is 20. The van der Waals surface area contributed by atoms with E-state index in [-0.39, 0.29) is 62.3 Å². The van der Waals surface area contributed by atoms with Crippen LogP contribution in [0, 0.1) is 23.3 Å². The molecule has 1 aromatic carbocycles. The summed E-state index contributed by atoms with van der Waals surface area (Å²) in [7, 11) is 0. The Morgan fingerprint density at radius 3 is 1.73 bits per heavy atom. The molecule has 2 fully saturated rings. The number of ketones is 1. The average Bonchev–Trinajstić information content (AvgIpc) is 4.04. The average molecular weight is 1120 g/mol. The summed E-state index contributed by atoms with van der Waals surface area (Å²) < 4.78 is 113. The third-order valence-corrected chi connectivity index (χ3v) is 12.3. The van der Waals surface area contributed by atoms with E-state index >= 15 is 0 Å². The van der Waals surface area contributed by atoms with Crippen LogP contribution >= 0.6 is 0 Å². The van der Waals surface area contributed by atoms with Gasteiger partial charge in [-0.15, -0.1) is 0 Å². The van der Waals surface area contributed by atoms with Gasteiger partial charge in [-0.3, -0.25) is 24.0 Å². The first-order valence-corrected chi connectivity index (χ1v) is 26.4. The number of nitrogens with two attached hydrogens (primary N) is 1. The lowest BCUT2D eigenvalue weighted by molar-refractivity contribution is -0.180. The largest absolute Gasteiger partial charge is 0.420 e. The van der Waals surface area contributed by atoms with Crippen molar-refractivity contribution in [3.8, 4) is 5.75 Å². The van der Waals surface area contributed by atoms with Gasteiger partial charge in [-0.1, -0.05) is 6.92 Å². The fourth-order valence-corrected chi connectivity index (χ4v) is 8.45. The third kappa shape index (κ3) is 19.7. The Morgan fingerprint density at radius 2 is 1.24 bits per heavy atom. The van der Waals surface area contributed by atoms with E-state index in [1.54, 1.807) is 23.3 Å². The fourth-order valence-electron chi connectivity index (χ4n) is 8.45. The molecule has 0 radical (unpaired) electrons. The minimum atomic E-state index is -1.80. The van der Waals surface area contributed by atoms with Crippen LogP contribution in [0.15, 0.2) is 46.3 Å². The predicted octanol–water partition coefficient (Wildman–Crippen LogP) is 2.61. The van der Waals surface area contributed by atoms with Gasteiger partial charge in [0.1, 0.15) is 11.4 Å². The predicted molar refractivity (Wildman–Crippen MR) is 271 cm³/mol. The number of amidine groups is 1. The van der Waals surface area contributed by atoms with Gasteiger partial charge in [-0.2, -0.15) is 8.78 Å². The number of hydrogen-bond donors (Lipinski definition) is 3. The molecule has 3 atom stereocenters. The molecule has 5 rings (SSSR count). The minimum Gasteiger partial charge on any atom is -0.420 e. The summed E-state index contributed by atoms with van der Waals surface area (Å²) in [4.78, 5) is 64.3. The molecule has 26 heteroatoms. The molecule has 3 heterocycles. The van der Waals surface area contributed by atoms with Gasteiger partial charge < -0.3 is 73.4 Å². The van der Waals surface area contributed by atoms with Crippen LogP contribution in [0.25, 0.3) is 0 Å². The number of likely N-dealkylation sites (tertiary alicyclic amines) is 1. The summed E-state index contributed by atoms with van der Waals surface area (Å²) in [6, 6.07) is -0.471. The molecule has 0 aromatic heterocycles. The lowest BCUT2D eigenvalue weighted by atomic mass is 9.90. The van der Waals surface area contributed by atoms with E-state index in [2.05, 4.69) is 20.4 Å². The summed E-state index contributed by atoms with van der Waals surface area (Å²) in [6.07, 6.45) is 6.80. The number of amides is 2. The van der Waals surface area contributed by atoms with E-state index in [0.29, 0.717) is 162 Å². The Hall–Kier alpha value is -4.97. The molecule has 3 unspecified atom stereocenters. The molecule has 1 aliphatic carbocycles. The molecule has 78 heavy (non-hydrogen) atoms. The number of Topliss-reactive ketones (excluding diaryl/α,β-unsaturated/α-hetero) is 1. The van der Waals surface area contributed by atoms with Gasteiger partial charge in [-0.25, -0.2) is 18.8 Å². The molecule has 438 valence electrons. The standard InChI is InChI=1S/C52H76F4N6O16/c1-4-10-62(77-5-2)50(66)37-33-42(57)60-41-32-38(36-59-51(41,3)35-37)49(65)61-11-6-8-52(61)47(48(52)64)58-9-13-68-15-17-70-19-21-72-23-25-74-27-29-76-31-30-75-28-26-73-24-22-71-20-18-69-16-14-67-12-7-43(63)78-46-44(55)39(53)34-40(54)45(46)56/h32,34-36,47,58-59H,4-31,33H2,1-3H3,(H2,57,60). The number of hydroxylamine groups is 2. The summed E-state index contributed by atoms with van der Waals surface area (Å²) in [5.41, 5.74) is 5.76. The summed E-state index contributed by atoms with van der Waals surface area (Å²) in [5, 5.41) is 7.91. The van der Waals surface area contributed by atoms with Crippen molar-refractivity contribution in [2.24, 2.45) is 10.7 Å². The number of aliphatic imine (C=N–C) groups is 1. The molecular weight excluding hydrogens is 1040 g/mol. The highest BCUT2D eigenvalue weighted by molar-refractivity contribution is 6.16. The molecular formula is C52H76F4N6O16. The van der Waals surface area contributed by atoms with Gasteiger partial charge in [0.05, 0.1) is 168 Å². The topological polar surface area (TPSA) is 248 Å². The molecule has 4 aliphatic rings. The van der Waals surface area contributed by atoms with Gasteiger partial charge in [0.15, 0.2) is 17.4 Å². The van der Waals surface area contributed by atoms with Crippen LogP contribution in [0.2, 0.25) is 0 Å². The zero-order valence-corrected chi connectivity index (χ0v) is 44.9. The zero-order valence-electron chi connectivity index (χ0n) is 44.9. The molecule has 1 saturated heterocycles. The van der Waals surface area contributed by atoms with Crippen molar-refractivity contribution in [3.05, 3.63) is 64.5 Å². The fraction of sp³-hybridized carbons (Fsp3) is 0.673. The van der Waals surface area contributed by atoms with Gasteiger partial charge in [0.2, 0.25) is 17.4 Å². The van der Waals surface area contributed by atoms with Crippen LogP contribution in [-0.4, -0.2) is 215 Å². The smallest absolute Gasteiger partial charge is 0.313 e. The highest BCUT2D eigenvalue weighted by Crippen LogP contribution is 2.47. The number of rotatable bonds is 41. The van der Waals surface area contributed by atoms with Crippen LogP contribution < -0.4 is 21.1 Å². The third-order valence-electron chi connectivity index (χ3n) is 12.3. The lowest BCUT2D eigenvalue weighted by Gasteiger charge is -2.33. The first-order chi connectivity index (χ1) is 37.8. The Balaban J connectivity index is 0.761. The van der Waals surface area contributed by atoms with Crippen LogP contribution in [0.1, 0.15) is 52.9 Å². The second kappa shape index (κ2) is 34.2. The van der Waals surface area contributed by atoms with E-state index < -0.39 is 58.5 Å². The number of dihydropyridines is 1. The van der Waals surface area contributed by atoms with Gasteiger partial charge in [0, 0.05) is 43.9 Å². The van der Waals surface area contributed by atoms with Crippen LogP contribution in [-0.2, 0) is 71.4 Å². The Kier molecular flexibility index (Phi) is 28.0. The number of nitrogens with zero attached hydrogens (tertiary/aromatic N) is 3. The maximum Gasteiger partial charge on any atom is 0.313 e. The minimum absolute atomic E-state index is 0.0134. The number of carbonyl (C=O) groups excluding carboxylic acids is 4. The summed E-state index contributed by atoms with van der Waals surface area (Å²) in [6.45, 7) is 13.9. The molecule has 22 nitrogen and oxygen atoms in total. The van der Waals surface area contributed by atoms with Crippen LogP contribution in [0.5, 0.6) is 5.75 Å². The second-order valence-electron chi connectivity index (χ2n) is 18.1. The van der Waals surface area contributed by atoms with E-state index in [1.165, 1.54) is 5.06 Å². The second-order valence-corrected chi connectivity index (χ2v) is 18.1. The molecule has 1 aromatic rings. The first kappa shape index (κ1) is 63.9. The molecule has 3 aliphatic heterocycles. The van der Waals surface area contributed by atoms with Crippen molar-refractivity contribution in [1.82, 2.24) is 20.6 Å². The van der Waals surface area contributed by atoms with Gasteiger partial charge in [0.25, 0.3) is 11.8 Å². The summed E-state index contributed by atoms with van der Waals surface area (Å²) in [5.74, 6) is -9.88. The van der Waals surface area contributed by atoms with Gasteiger partial charge in [-0.05, 0) is 45.3 Å². The van der Waals surface area contributed by atoms with Crippen molar-refractivity contribution >= 4 is 29.4 Å². The quantitative estimate of drug-likeness (QED) is 0.0213. The van der Waals surface area contributed by atoms with Crippen LogP contribution in [0.4, 0.5) is 17.6 Å². The Labute approximate surface area is 452 Å². The Bertz CT molecular complexity index is 2190. The Morgan fingerprint density at radius 1 is 0.756 bits per heavy atom. The van der Waals surface area contributed by atoms with E-state index in [4.69, 9.17) is 57.9 Å². The van der Waals surface area contributed by atoms with E-state index in [0.717, 1.165) is 6.42 Å². The maximum absolute atomic E-state index is 14.0. The monoisotopic (exact) mass is 1120 g/mol. The highest BCUT2D eigenvalue weighted by Gasteiger charge is 2.71. The zero-order chi connectivity index (χ0) is 56.2. The first-order valence-electron chi connectivity index (χ1n) is 26.4. The van der Waals surface area contributed by atoms with E-state index in [1.807, 2.05) is 20.8 Å². The highest BCUT2D eigenvalue weighted by atomic mass is 19.2. The number of halogens is 4. The van der Waals surface area contributed by atoms with Gasteiger partial charge >= 0.3 is 5.97 Å². The number of ether oxygens (including phenoxy) is 11.